The van der Waals surface area contributed by atoms with Crippen LogP contribution in [0.3, 0.4) is 0 Å². The van der Waals surface area contributed by atoms with Gasteiger partial charge in [-0.25, -0.2) is 0 Å². The monoisotopic (exact) mass is 470 g/mol. The number of fused-ring (bicyclic) bond motifs is 1. The molecule has 182 valence electrons. The zero-order chi connectivity index (χ0) is 24.2. The summed E-state index contributed by atoms with van der Waals surface area (Å²) in [4.78, 5) is 36.8. The van der Waals surface area contributed by atoms with E-state index in [1.54, 1.807) is 6.92 Å². The first-order valence-electron chi connectivity index (χ1n) is 12.8. The standard InChI is InChI=1S/C29H34N4O2/c1-22(34)32-15-16-33(29(35)27-9-3-2-7-26(27)21-31-13-4-5-14-31)20-24(19-32)17-23-10-11-28-25(18-23)8-6-12-30-28/h2-3,6-12,18,24H,4-5,13-17,19-21H2,1H3. The van der Waals surface area contributed by atoms with Crippen LogP contribution in [0.5, 0.6) is 0 Å². The smallest absolute Gasteiger partial charge is 0.254 e. The molecule has 2 saturated heterocycles. The first-order chi connectivity index (χ1) is 17.1. The number of benzene rings is 2. The molecule has 0 N–H and O–H groups in total. The number of likely N-dealkylation sites (tertiary alicyclic amines) is 1. The Labute approximate surface area is 207 Å². The molecule has 2 amide bonds. The number of pyridine rings is 1. The number of aromatic nitrogens is 1. The summed E-state index contributed by atoms with van der Waals surface area (Å²) in [6, 6.07) is 18.4. The Bertz CT molecular complexity index is 1200. The van der Waals surface area contributed by atoms with Gasteiger partial charge in [0.25, 0.3) is 5.91 Å². The molecular formula is C29H34N4O2. The maximum atomic E-state index is 13.8. The van der Waals surface area contributed by atoms with Crippen LogP contribution in [0, 0.1) is 5.92 Å². The van der Waals surface area contributed by atoms with Crippen molar-refractivity contribution in [3.05, 3.63) is 77.5 Å². The molecule has 3 aromatic rings. The molecule has 1 unspecified atom stereocenters. The minimum Gasteiger partial charge on any atom is -0.341 e. The van der Waals surface area contributed by atoms with E-state index in [1.165, 1.54) is 18.4 Å². The summed E-state index contributed by atoms with van der Waals surface area (Å²) in [5.74, 6) is 0.324. The number of hydrogen-bond acceptors (Lipinski definition) is 4. The lowest BCUT2D eigenvalue weighted by Crippen LogP contribution is -2.37. The van der Waals surface area contributed by atoms with Crippen LogP contribution in [0.15, 0.2) is 60.8 Å². The fraction of sp³-hybridized carbons (Fsp3) is 0.414. The zero-order valence-corrected chi connectivity index (χ0v) is 20.5. The predicted molar refractivity (Wildman–Crippen MR) is 138 cm³/mol. The van der Waals surface area contributed by atoms with Crippen molar-refractivity contribution >= 4 is 22.7 Å². The van der Waals surface area contributed by atoms with Crippen LogP contribution in [-0.2, 0) is 17.8 Å². The Morgan fingerprint density at radius 3 is 2.51 bits per heavy atom. The van der Waals surface area contributed by atoms with Crippen molar-refractivity contribution in [3.8, 4) is 0 Å². The summed E-state index contributed by atoms with van der Waals surface area (Å²) in [7, 11) is 0. The van der Waals surface area contributed by atoms with E-state index >= 15 is 0 Å². The van der Waals surface area contributed by atoms with E-state index in [4.69, 9.17) is 0 Å². The van der Waals surface area contributed by atoms with Crippen molar-refractivity contribution < 1.29 is 9.59 Å². The van der Waals surface area contributed by atoms with Gasteiger partial charge in [0.15, 0.2) is 0 Å². The third kappa shape index (κ3) is 5.54. The van der Waals surface area contributed by atoms with Gasteiger partial charge in [-0.3, -0.25) is 19.5 Å². The highest BCUT2D eigenvalue weighted by Crippen LogP contribution is 2.22. The Kier molecular flexibility index (Phi) is 7.09. The largest absolute Gasteiger partial charge is 0.341 e. The van der Waals surface area contributed by atoms with Crippen LogP contribution in [0.1, 0.15) is 41.3 Å². The maximum Gasteiger partial charge on any atom is 0.254 e. The van der Waals surface area contributed by atoms with Gasteiger partial charge >= 0.3 is 0 Å². The fourth-order valence-corrected chi connectivity index (χ4v) is 5.51. The summed E-state index contributed by atoms with van der Waals surface area (Å²) in [5.41, 5.74) is 4.09. The molecule has 0 spiro atoms. The van der Waals surface area contributed by atoms with E-state index in [9.17, 15) is 9.59 Å². The van der Waals surface area contributed by atoms with E-state index < -0.39 is 0 Å². The Hall–Kier alpha value is -3.25. The van der Waals surface area contributed by atoms with Gasteiger partial charge < -0.3 is 9.80 Å². The van der Waals surface area contributed by atoms with Crippen LogP contribution in [0.4, 0.5) is 0 Å². The Balaban J connectivity index is 1.37. The van der Waals surface area contributed by atoms with E-state index in [0.717, 1.165) is 48.1 Å². The van der Waals surface area contributed by atoms with E-state index in [-0.39, 0.29) is 17.7 Å². The Morgan fingerprint density at radius 2 is 1.69 bits per heavy atom. The number of nitrogens with zero attached hydrogens (tertiary/aromatic N) is 4. The molecule has 0 radical (unpaired) electrons. The van der Waals surface area contributed by atoms with E-state index in [2.05, 4.69) is 40.2 Å². The van der Waals surface area contributed by atoms with Gasteiger partial charge in [-0.1, -0.05) is 30.3 Å². The lowest BCUT2D eigenvalue weighted by molar-refractivity contribution is -0.129. The lowest BCUT2D eigenvalue weighted by Gasteiger charge is -2.26. The van der Waals surface area contributed by atoms with Gasteiger partial charge in [0.05, 0.1) is 5.52 Å². The second-order valence-electron chi connectivity index (χ2n) is 9.96. The van der Waals surface area contributed by atoms with Crippen molar-refractivity contribution in [2.75, 3.05) is 39.3 Å². The molecule has 1 aromatic heterocycles. The predicted octanol–water partition coefficient (Wildman–Crippen LogP) is 3.99. The second kappa shape index (κ2) is 10.6. The topological polar surface area (TPSA) is 56.8 Å². The Morgan fingerprint density at radius 1 is 0.914 bits per heavy atom. The molecule has 35 heavy (non-hydrogen) atoms. The average molecular weight is 471 g/mol. The van der Waals surface area contributed by atoms with Crippen molar-refractivity contribution in [2.45, 2.75) is 32.7 Å². The first-order valence-corrected chi connectivity index (χ1v) is 12.8. The van der Waals surface area contributed by atoms with Crippen molar-refractivity contribution in [1.82, 2.24) is 19.7 Å². The van der Waals surface area contributed by atoms with Crippen LogP contribution >= 0.6 is 0 Å². The summed E-state index contributed by atoms with van der Waals surface area (Å²) in [5, 5.41) is 1.12. The van der Waals surface area contributed by atoms with Gasteiger partial charge in [-0.15, -0.1) is 0 Å². The van der Waals surface area contributed by atoms with Gasteiger partial charge in [0.2, 0.25) is 5.91 Å². The number of carbonyl (C=O) groups excluding carboxylic acids is 2. The minimum atomic E-state index is 0.0708. The van der Waals surface area contributed by atoms with Crippen LogP contribution in [0.25, 0.3) is 10.9 Å². The number of hydrogen-bond donors (Lipinski definition) is 0. The number of rotatable bonds is 5. The third-order valence-electron chi connectivity index (χ3n) is 7.36. The normalized spacial score (nSPS) is 19.2. The van der Waals surface area contributed by atoms with Crippen molar-refractivity contribution in [1.29, 1.82) is 0 Å². The fourth-order valence-electron chi connectivity index (χ4n) is 5.51. The number of amides is 2. The molecular weight excluding hydrogens is 436 g/mol. The average Bonchev–Trinajstić information content (AvgIpc) is 3.29. The molecule has 5 rings (SSSR count). The molecule has 0 aliphatic carbocycles. The van der Waals surface area contributed by atoms with E-state index in [0.29, 0.717) is 26.2 Å². The highest BCUT2D eigenvalue weighted by molar-refractivity contribution is 5.95. The van der Waals surface area contributed by atoms with Gasteiger partial charge in [-0.2, -0.15) is 0 Å². The summed E-state index contributed by atoms with van der Waals surface area (Å²) < 4.78 is 0. The highest BCUT2D eigenvalue weighted by Gasteiger charge is 2.29. The summed E-state index contributed by atoms with van der Waals surface area (Å²) in [6.45, 7) is 7.10. The van der Waals surface area contributed by atoms with Crippen LogP contribution < -0.4 is 0 Å². The first kappa shape index (κ1) is 23.5. The molecule has 0 bridgehead atoms. The van der Waals surface area contributed by atoms with E-state index in [1.807, 2.05) is 40.3 Å². The van der Waals surface area contributed by atoms with Gasteiger partial charge in [0.1, 0.15) is 0 Å². The number of carbonyl (C=O) groups is 2. The highest BCUT2D eigenvalue weighted by atomic mass is 16.2. The molecule has 3 heterocycles. The lowest BCUT2D eigenvalue weighted by atomic mass is 9.96. The SMILES string of the molecule is CC(=O)N1CCN(C(=O)c2ccccc2CN2CCCC2)CC(Cc2ccc3ncccc3c2)C1. The second-order valence-corrected chi connectivity index (χ2v) is 9.96. The van der Waals surface area contributed by atoms with Gasteiger partial charge in [-0.05, 0) is 73.7 Å². The van der Waals surface area contributed by atoms with Crippen LogP contribution in [0.2, 0.25) is 0 Å². The van der Waals surface area contributed by atoms with Gasteiger partial charge in [0, 0.05) is 56.8 Å². The third-order valence-corrected chi connectivity index (χ3v) is 7.36. The maximum absolute atomic E-state index is 13.8. The molecule has 0 saturated carbocycles. The summed E-state index contributed by atoms with van der Waals surface area (Å²) >= 11 is 0. The molecule has 6 heteroatoms. The zero-order valence-electron chi connectivity index (χ0n) is 20.5. The quantitative estimate of drug-likeness (QED) is 0.566. The molecule has 2 aliphatic heterocycles. The van der Waals surface area contributed by atoms with Crippen molar-refractivity contribution in [2.24, 2.45) is 5.92 Å². The van der Waals surface area contributed by atoms with Crippen LogP contribution in [-0.4, -0.2) is 70.8 Å². The summed E-state index contributed by atoms with van der Waals surface area (Å²) in [6.07, 6.45) is 5.09. The molecule has 2 aliphatic rings. The molecule has 1 atom stereocenters. The molecule has 2 fully saturated rings. The molecule has 6 nitrogen and oxygen atoms in total. The molecule has 2 aromatic carbocycles. The minimum absolute atomic E-state index is 0.0708. The van der Waals surface area contributed by atoms with Crippen molar-refractivity contribution in [3.63, 3.8) is 0 Å².